The summed E-state index contributed by atoms with van der Waals surface area (Å²) in [6.07, 6.45) is 7.24. The Morgan fingerprint density at radius 1 is 0.838 bits per heavy atom. The quantitative estimate of drug-likeness (QED) is 0.0453. The van der Waals surface area contributed by atoms with Crippen molar-refractivity contribution in [2.24, 2.45) is 11.3 Å². The van der Waals surface area contributed by atoms with Gasteiger partial charge in [-0.25, -0.2) is 0 Å². The van der Waals surface area contributed by atoms with Crippen LogP contribution in [0.15, 0.2) is 95.1 Å². The highest BCUT2D eigenvalue weighted by atomic mass is 32.2. The predicted molar refractivity (Wildman–Crippen MR) is 257 cm³/mol. The fraction of sp³-hybridized carbons (Fsp3) is 0.457. The van der Waals surface area contributed by atoms with Crippen molar-refractivity contribution in [1.82, 2.24) is 5.32 Å². The Hall–Kier alpha value is -4.81. The highest BCUT2D eigenvalue weighted by molar-refractivity contribution is 7.86. The molecule has 0 saturated heterocycles. The summed E-state index contributed by atoms with van der Waals surface area (Å²) in [5.74, 6) is -4.21. The molecule has 3 aromatic carbocycles. The minimum absolute atomic E-state index is 0.0325. The lowest BCUT2D eigenvalue weighted by Crippen LogP contribution is -2.51. The number of carbonyl (C=O) groups is 2. The molecular formula is C46H58N3O15S4+. The first kappa shape index (κ1) is 52.6. The standard InChI is InChI=1S/C46H57N3O15S4/c1-6-64-43(51)46(42(50)47-21-26-67(58,59)60)29-31(13-19-39-44(2,3)36-28-34(68(61,62)63)16-18-37(36)48(39)22-9-24-65(52,53)54)27-32(30-46)14-20-40-45(4,5)41-35-12-8-7-11-33(35)15-17-38(41)49(40)23-10-25-66(55,56)57/h7-8,11-20,28,31H,6,9-10,21-27,29-30H2,1-5H3,(H4-,47,50,52,53,54,55,56,57,58,59,60,61,62,63)/p+1/b19-13+,32-14-,40-20+. The highest BCUT2D eigenvalue weighted by Gasteiger charge is 2.52. The van der Waals surface area contributed by atoms with Crippen LogP contribution in [0, 0.1) is 11.3 Å². The minimum Gasteiger partial charge on any atom is -0.465 e. The van der Waals surface area contributed by atoms with Crippen molar-refractivity contribution in [1.29, 1.82) is 0 Å². The van der Waals surface area contributed by atoms with E-state index in [1.54, 1.807) is 43.6 Å². The van der Waals surface area contributed by atoms with Crippen LogP contribution in [0.5, 0.6) is 0 Å². The van der Waals surface area contributed by atoms with Crippen LogP contribution in [0.3, 0.4) is 0 Å². The van der Waals surface area contributed by atoms with E-state index in [9.17, 15) is 61.5 Å². The maximum atomic E-state index is 14.4. The molecular weight excluding hydrogens is 963 g/mol. The Balaban J connectivity index is 1.49. The van der Waals surface area contributed by atoms with Gasteiger partial charge in [-0.15, -0.1) is 0 Å². The molecule has 1 fully saturated rings. The molecule has 6 rings (SSSR count). The lowest BCUT2D eigenvalue weighted by atomic mass is 9.66. The third-order valence-electron chi connectivity index (χ3n) is 12.9. The van der Waals surface area contributed by atoms with Gasteiger partial charge in [-0.1, -0.05) is 61.9 Å². The number of hydrogen-bond donors (Lipinski definition) is 5. The van der Waals surface area contributed by atoms with Gasteiger partial charge in [-0.05, 0) is 93.0 Å². The molecule has 2 atom stereocenters. The van der Waals surface area contributed by atoms with Crippen molar-refractivity contribution in [3.8, 4) is 0 Å². The second-order valence-electron chi connectivity index (χ2n) is 18.5. The van der Waals surface area contributed by atoms with Crippen LogP contribution in [0.1, 0.15) is 77.8 Å². The molecule has 22 heteroatoms. The zero-order chi connectivity index (χ0) is 50.3. The van der Waals surface area contributed by atoms with Gasteiger partial charge >= 0.3 is 5.97 Å². The number of fused-ring (bicyclic) bond motifs is 4. The van der Waals surface area contributed by atoms with Gasteiger partial charge < -0.3 is 15.0 Å². The van der Waals surface area contributed by atoms with Crippen LogP contribution in [-0.2, 0) is 65.6 Å². The molecule has 1 aliphatic carbocycles. The third-order valence-corrected chi connectivity index (χ3v) is 16.1. The number of esters is 1. The lowest BCUT2D eigenvalue weighted by Gasteiger charge is -2.38. The van der Waals surface area contributed by atoms with Gasteiger partial charge in [-0.3, -0.25) is 27.8 Å². The lowest BCUT2D eigenvalue weighted by molar-refractivity contribution is -0.437. The number of nitrogens with zero attached hydrogens (tertiary/aromatic N) is 2. The molecule has 5 N–H and O–H groups in total. The monoisotopic (exact) mass is 1020 g/mol. The Morgan fingerprint density at radius 2 is 1.50 bits per heavy atom. The normalized spacial score (nSPS) is 21.7. The molecule has 0 radical (unpaired) electrons. The van der Waals surface area contributed by atoms with E-state index in [0.717, 1.165) is 27.7 Å². The third kappa shape index (κ3) is 11.6. The SMILES string of the molecule is CCOC(=O)C1(C(=O)NCCS(=O)(=O)O)C/C(=C\C=C2\N(CCCS(=O)(=O)O)c3ccc4ccccc4c3C2(C)C)CC(/C=C/C2=[N+](CCCS(=O)(=O)O)c3ccc(S(=O)(=O)O)cc3C2(C)C)C1. The van der Waals surface area contributed by atoms with Gasteiger partial charge in [0.05, 0.1) is 34.2 Å². The number of allylic oxidation sites excluding steroid dienone is 6. The highest BCUT2D eigenvalue weighted by Crippen LogP contribution is 2.52. The molecule has 2 aliphatic heterocycles. The number of rotatable bonds is 18. The molecule has 3 aromatic rings. The maximum absolute atomic E-state index is 14.4. The number of amides is 1. The van der Waals surface area contributed by atoms with Gasteiger partial charge in [0.2, 0.25) is 11.6 Å². The van der Waals surface area contributed by atoms with E-state index >= 15 is 0 Å². The van der Waals surface area contributed by atoms with E-state index in [4.69, 9.17) is 4.74 Å². The first-order valence-electron chi connectivity index (χ1n) is 21.9. The second kappa shape index (κ2) is 19.5. The van der Waals surface area contributed by atoms with E-state index in [2.05, 4.69) is 5.32 Å². The summed E-state index contributed by atoms with van der Waals surface area (Å²) in [7, 11) is -17.8. The minimum atomic E-state index is -4.62. The summed E-state index contributed by atoms with van der Waals surface area (Å²) in [6.45, 7) is 8.89. The molecule has 1 amide bonds. The molecule has 68 heavy (non-hydrogen) atoms. The Kier molecular flexibility index (Phi) is 15.1. The first-order valence-corrected chi connectivity index (χ1v) is 28.2. The summed E-state index contributed by atoms with van der Waals surface area (Å²) < 4.78 is 141. The molecule has 0 spiro atoms. The van der Waals surface area contributed by atoms with Crippen LogP contribution >= 0.6 is 0 Å². The van der Waals surface area contributed by atoms with E-state index in [-0.39, 0.29) is 56.7 Å². The summed E-state index contributed by atoms with van der Waals surface area (Å²) in [5.41, 5.74) is 1.16. The summed E-state index contributed by atoms with van der Waals surface area (Å²) >= 11 is 0. The van der Waals surface area contributed by atoms with Crippen LogP contribution in [0.2, 0.25) is 0 Å². The number of ether oxygens (including phenoxy) is 1. The fourth-order valence-electron chi connectivity index (χ4n) is 9.87. The van der Waals surface area contributed by atoms with Gasteiger partial charge in [-0.2, -0.15) is 38.2 Å². The van der Waals surface area contributed by atoms with E-state index in [1.807, 2.05) is 61.2 Å². The van der Waals surface area contributed by atoms with Gasteiger partial charge in [0, 0.05) is 54.0 Å². The molecule has 18 nitrogen and oxygen atoms in total. The van der Waals surface area contributed by atoms with Gasteiger partial charge in [0.1, 0.15) is 6.54 Å². The summed E-state index contributed by atoms with van der Waals surface area (Å²) in [4.78, 5) is 30.3. The average Bonchev–Trinajstić information content (AvgIpc) is 3.57. The molecule has 2 heterocycles. The average molecular weight is 1020 g/mol. The second-order valence-corrected chi connectivity index (χ2v) is 24.6. The predicted octanol–water partition coefficient (Wildman–Crippen LogP) is 5.54. The molecule has 0 bridgehead atoms. The smallest absolute Gasteiger partial charge is 0.321 e. The van der Waals surface area contributed by atoms with Crippen LogP contribution in [-0.4, -0.2) is 118 Å². The largest absolute Gasteiger partial charge is 0.465 e. The molecule has 2 unspecified atom stereocenters. The van der Waals surface area contributed by atoms with Crippen molar-refractivity contribution in [2.45, 2.75) is 82.4 Å². The topological polar surface area (TPSA) is 279 Å². The van der Waals surface area contributed by atoms with Crippen molar-refractivity contribution >= 4 is 80.2 Å². The Bertz CT molecular complexity index is 3100. The maximum Gasteiger partial charge on any atom is 0.321 e. The van der Waals surface area contributed by atoms with E-state index in [1.165, 1.54) is 18.2 Å². The van der Waals surface area contributed by atoms with Gasteiger partial charge in [0.15, 0.2) is 11.1 Å². The Labute approximate surface area is 397 Å². The number of nitrogens with one attached hydrogen (secondary N) is 1. The van der Waals surface area contributed by atoms with Crippen molar-refractivity contribution in [2.75, 3.05) is 48.4 Å². The number of benzene rings is 3. The fourth-order valence-corrected chi connectivity index (χ4v) is 11.7. The molecule has 1 saturated carbocycles. The van der Waals surface area contributed by atoms with Crippen LogP contribution < -0.4 is 10.2 Å². The molecule has 370 valence electrons. The zero-order valence-electron chi connectivity index (χ0n) is 38.4. The number of anilines is 1. The van der Waals surface area contributed by atoms with E-state index < -0.39 is 98.3 Å². The van der Waals surface area contributed by atoms with E-state index in [0.29, 0.717) is 22.5 Å². The van der Waals surface area contributed by atoms with Crippen molar-refractivity contribution in [3.63, 3.8) is 0 Å². The Morgan fingerprint density at radius 3 is 2.15 bits per heavy atom. The number of carbonyl (C=O) groups excluding carboxylic acids is 2. The van der Waals surface area contributed by atoms with Gasteiger partial charge in [0.25, 0.3) is 40.5 Å². The van der Waals surface area contributed by atoms with Crippen molar-refractivity contribution < 1.29 is 70.8 Å². The van der Waals surface area contributed by atoms with Crippen LogP contribution in [0.25, 0.3) is 10.8 Å². The molecule has 0 aromatic heterocycles. The zero-order valence-corrected chi connectivity index (χ0v) is 41.6. The van der Waals surface area contributed by atoms with Crippen LogP contribution in [0.4, 0.5) is 11.4 Å². The number of hydrogen-bond acceptors (Lipinski definition) is 12. The first-order chi connectivity index (χ1) is 31.5. The summed E-state index contributed by atoms with van der Waals surface area (Å²) in [6, 6.07) is 15.8. The summed E-state index contributed by atoms with van der Waals surface area (Å²) in [5, 5.41) is 4.48. The molecule has 3 aliphatic rings. The van der Waals surface area contributed by atoms with Crippen molar-refractivity contribution in [3.05, 3.63) is 101 Å².